The van der Waals surface area contributed by atoms with Crippen molar-refractivity contribution in [3.8, 4) is 0 Å². The lowest BCUT2D eigenvalue weighted by molar-refractivity contribution is 0.401. The summed E-state index contributed by atoms with van der Waals surface area (Å²) < 4.78 is 0. The Bertz CT molecular complexity index is 292. The Hall–Kier alpha value is -0.0600. The zero-order valence-corrected chi connectivity index (χ0v) is 11.0. The fourth-order valence-electron chi connectivity index (χ4n) is 1.32. The van der Waals surface area contributed by atoms with Crippen LogP contribution in [-0.2, 0) is 12.3 Å². The summed E-state index contributed by atoms with van der Waals surface area (Å²) in [6.07, 6.45) is 0. The summed E-state index contributed by atoms with van der Waals surface area (Å²) in [4.78, 5) is 8.11. The molecule has 2 nitrogen and oxygen atoms in total. The first-order valence-corrected chi connectivity index (χ1v) is 6.23. The molecule has 0 unspecified atom stereocenters. The maximum atomic E-state index is 4.65. The summed E-state index contributed by atoms with van der Waals surface area (Å²) in [6.45, 7) is 5.29. The van der Waals surface area contributed by atoms with Crippen molar-refractivity contribution in [1.82, 2.24) is 9.88 Å². The Balaban J connectivity index is 2.89. The van der Waals surface area contributed by atoms with Crippen LogP contribution >= 0.6 is 24.0 Å². The highest BCUT2D eigenvalue weighted by Crippen LogP contribution is 2.26. The molecule has 0 bridgehead atoms. The minimum Gasteiger partial charge on any atom is -0.303 e. The van der Waals surface area contributed by atoms with Crippen molar-refractivity contribution in [3.05, 3.63) is 15.6 Å². The molecule has 0 aromatic carbocycles. The number of nitrogens with zero attached hydrogens (tertiary/aromatic N) is 2. The lowest BCUT2D eigenvalue weighted by Gasteiger charge is -2.05. The zero-order valence-electron chi connectivity index (χ0n) is 9.24. The van der Waals surface area contributed by atoms with Crippen molar-refractivity contribution < 1.29 is 0 Å². The molecule has 1 aromatic rings. The molecule has 0 aliphatic rings. The van der Waals surface area contributed by atoms with Crippen LogP contribution in [0.25, 0.3) is 0 Å². The Labute approximate surface area is 95.8 Å². The molecule has 4 heteroatoms. The largest absolute Gasteiger partial charge is 0.303 e. The molecule has 0 atom stereocenters. The maximum Gasteiger partial charge on any atom is 0.107 e. The van der Waals surface area contributed by atoms with Crippen molar-refractivity contribution in [2.75, 3.05) is 14.1 Å². The lowest BCUT2D eigenvalue weighted by Crippen LogP contribution is -2.10. The van der Waals surface area contributed by atoms with Gasteiger partial charge in [0.05, 0.1) is 5.69 Å². The molecule has 0 saturated heterocycles. The molecule has 0 aliphatic carbocycles. The third-order valence-corrected chi connectivity index (χ3v) is 3.50. The minimum atomic E-state index is 0.504. The van der Waals surface area contributed by atoms with Gasteiger partial charge in [-0.1, -0.05) is 13.8 Å². The van der Waals surface area contributed by atoms with E-state index in [1.54, 1.807) is 11.3 Å². The van der Waals surface area contributed by atoms with E-state index in [4.69, 9.17) is 0 Å². The highest BCUT2D eigenvalue weighted by Gasteiger charge is 2.12. The number of aromatic nitrogens is 1. The first-order chi connectivity index (χ1) is 6.54. The zero-order chi connectivity index (χ0) is 10.7. The molecule has 1 rings (SSSR count). The van der Waals surface area contributed by atoms with Gasteiger partial charge in [-0.2, -0.15) is 12.6 Å². The molecule has 0 amide bonds. The van der Waals surface area contributed by atoms with E-state index in [2.05, 4.69) is 50.5 Å². The van der Waals surface area contributed by atoms with Gasteiger partial charge in [-0.15, -0.1) is 11.3 Å². The molecule has 1 aromatic heterocycles. The maximum absolute atomic E-state index is 4.65. The monoisotopic (exact) mass is 230 g/mol. The van der Waals surface area contributed by atoms with Crippen LogP contribution in [0.15, 0.2) is 0 Å². The number of hydrogen-bond acceptors (Lipinski definition) is 4. The van der Waals surface area contributed by atoms with Gasteiger partial charge in [-0.3, -0.25) is 0 Å². The molecule has 0 fully saturated rings. The van der Waals surface area contributed by atoms with E-state index in [1.165, 1.54) is 15.6 Å². The molecular formula is C10H18N2S2. The van der Waals surface area contributed by atoms with Crippen LogP contribution in [-0.4, -0.2) is 24.0 Å². The molecule has 1 heterocycles. The summed E-state index contributed by atoms with van der Waals surface area (Å²) in [5.74, 6) is 1.31. The SMILES string of the molecule is CC(C)c1nc(CN(C)C)sc1CS. The van der Waals surface area contributed by atoms with E-state index in [1.807, 2.05) is 0 Å². The van der Waals surface area contributed by atoms with E-state index in [9.17, 15) is 0 Å². The fraction of sp³-hybridized carbons (Fsp3) is 0.700. The van der Waals surface area contributed by atoms with Crippen LogP contribution < -0.4 is 0 Å². The van der Waals surface area contributed by atoms with Gasteiger partial charge >= 0.3 is 0 Å². The smallest absolute Gasteiger partial charge is 0.107 e. The van der Waals surface area contributed by atoms with Gasteiger partial charge in [-0.05, 0) is 20.0 Å². The number of rotatable bonds is 4. The normalized spacial score (nSPS) is 11.6. The van der Waals surface area contributed by atoms with E-state index in [-0.39, 0.29) is 0 Å². The van der Waals surface area contributed by atoms with Gasteiger partial charge < -0.3 is 4.90 Å². The quantitative estimate of drug-likeness (QED) is 0.801. The molecule has 0 spiro atoms. The molecule has 0 saturated carbocycles. The van der Waals surface area contributed by atoms with Gasteiger partial charge in [0.15, 0.2) is 0 Å². The van der Waals surface area contributed by atoms with Gasteiger partial charge in [0.2, 0.25) is 0 Å². The van der Waals surface area contributed by atoms with Crippen LogP contribution in [0.3, 0.4) is 0 Å². The average Bonchev–Trinajstić information content (AvgIpc) is 2.46. The summed E-state index contributed by atoms with van der Waals surface area (Å²) in [5.41, 5.74) is 1.22. The van der Waals surface area contributed by atoms with Crippen molar-refractivity contribution in [2.24, 2.45) is 0 Å². The van der Waals surface area contributed by atoms with Crippen LogP contribution in [0.4, 0.5) is 0 Å². The number of hydrogen-bond donors (Lipinski definition) is 1. The van der Waals surface area contributed by atoms with Crippen molar-refractivity contribution in [3.63, 3.8) is 0 Å². The van der Waals surface area contributed by atoms with Crippen molar-refractivity contribution in [1.29, 1.82) is 0 Å². The highest BCUT2D eigenvalue weighted by molar-refractivity contribution is 7.79. The molecule has 80 valence electrons. The fourth-order valence-corrected chi connectivity index (χ4v) is 2.87. The molecular weight excluding hydrogens is 212 g/mol. The van der Waals surface area contributed by atoms with E-state index < -0.39 is 0 Å². The van der Waals surface area contributed by atoms with Crippen LogP contribution in [0.1, 0.15) is 35.3 Å². The molecule has 0 aliphatic heterocycles. The molecule has 14 heavy (non-hydrogen) atoms. The topological polar surface area (TPSA) is 16.1 Å². The predicted molar refractivity (Wildman–Crippen MR) is 66.3 cm³/mol. The first kappa shape index (κ1) is 12.0. The van der Waals surface area contributed by atoms with E-state index in [0.717, 1.165) is 12.3 Å². The summed E-state index contributed by atoms with van der Waals surface area (Å²) >= 11 is 6.12. The Kier molecular flexibility index (Phi) is 4.41. The molecule has 0 radical (unpaired) electrons. The Morgan fingerprint density at radius 1 is 1.43 bits per heavy atom. The van der Waals surface area contributed by atoms with E-state index in [0.29, 0.717) is 5.92 Å². The van der Waals surface area contributed by atoms with Crippen LogP contribution in [0, 0.1) is 0 Å². The molecule has 0 N–H and O–H groups in total. The Morgan fingerprint density at radius 3 is 2.43 bits per heavy atom. The van der Waals surface area contributed by atoms with Crippen molar-refractivity contribution >= 4 is 24.0 Å². The third-order valence-electron chi connectivity index (χ3n) is 1.91. The average molecular weight is 230 g/mol. The van der Waals surface area contributed by atoms with Gasteiger partial charge in [-0.25, -0.2) is 4.98 Å². The second kappa shape index (κ2) is 5.14. The van der Waals surface area contributed by atoms with Gasteiger partial charge in [0.1, 0.15) is 5.01 Å². The second-order valence-corrected chi connectivity index (χ2v) is 5.45. The standard InChI is InChI=1S/C10H18N2S2/c1-7(2)10-8(6-13)14-9(11-10)5-12(3)4/h7,13H,5-6H2,1-4H3. The summed E-state index contributed by atoms with van der Waals surface area (Å²) in [7, 11) is 4.13. The third kappa shape index (κ3) is 2.97. The van der Waals surface area contributed by atoms with Gasteiger partial charge in [0.25, 0.3) is 0 Å². The van der Waals surface area contributed by atoms with Crippen LogP contribution in [0.5, 0.6) is 0 Å². The van der Waals surface area contributed by atoms with Crippen LogP contribution in [0.2, 0.25) is 0 Å². The van der Waals surface area contributed by atoms with Gasteiger partial charge in [0, 0.05) is 17.2 Å². The Morgan fingerprint density at radius 2 is 2.07 bits per heavy atom. The highest BCUT2D eigenvalue weighted by atomic mass is 32.1. The first-order valence-electron chi connectivity index (χ1n) is 4.78. The lowest BCUT2D eigenvalue weighted by atomic mass is 10.1. The number of thiol groups is 1. The van der Waals surface area contributed by atoms with E-state index >= 15 is 0 Å². The number of thiazole rings is 1. The summed E-state index contributed by atoms with van der Waals surface area (Å²) in [5, 5.41) is 1.20. The summed E-state index contributed by atoms with van der Waals surface area (Å²) in [6, 6.07) is 0. The minimum absolute atomic E-state index is 0.504. The predicted octanol–water partition coefficient (Wildman–Crippen LogP) is 2.76. The van der Waals surface area contributed by atoms with Crippen molar-refractivity contribution in [2.45, 2.75) is 32.1 Å². The second-order valence-electron chi connectivity index (χ2n) is 3.97.